The van der Waals surface area contributed by atoms with E-state index in [1.807, 2.05) is 5.32 Å². The summed E-state index contributed by atoms with van der Waals surface area (Å²) >= 11 is 0. The molecule has 1 fully saturated rings. The molecule has 2 aromatic rings. The van der Waals surface area contributed by atoms with Crippen LogP contribution in [0.2, 0.25) is 0 Å². The largest absolute Gasteiger partial charge is 0.547 e. The smallest absolute Gasteiger partial charge is 0.534 e. The van der Waals surface area contributed by atoms with E-state index in [9.17, 15) is 53.1 Å². The number of aromatic carboxylic acids is 1. The topological polar surface area (TPSA) is 232 Å². The van der Waals surface area contributed by atoms with Crippen molar-refractivity contribution in [3.8, 4) is 17.2 Å². The van der Waals surface area contributed by atoms with E-state index < -0.39 is 94.7 Å². The number of nitrogens with zero attached hydrogens (tertiary/aromatic N) is 2. The second kappa shape index (κ2) is 12.1. The number of aromatic hydroxyl groups is 2. The third-order valence-corrected chi connectivity index (χ3v) is 6.73. The van der Waals surface area contributed by atoms with Crippen molar-refractivity contribution in [2.24, 2.45) is 5.73 Å². The summed E-state index contributed by atoms with van der Waals surface area (Å²) in [6, 6.07) is -1.66. The van der Waals surface area contributed by atoms with Gasteiger partial charge < -0.3 is 46.3 Å². The van der Waals surface area contributed by atoms with Gasteiger partial charge in [0, 0.05) is 32.2 Å². The maximum atomic E-state index is 15.0. The second-order valence-electron chi connectivity index (χ2n) is 9.42. The van der Waals surface area contributed by atoms with E-state index in [0.717, 1.165) is 17.0 Å². The first-order valence-corrected chi connectivity index (χ1v) is 12.5. The molecule has 2 aliphatic rings. The van der Waals surface area contributed by atoms with Gasteiger partial charge in [0.15, 0.2) is 17.3 Å². The van der Waals surface area contributed by atoms with Gasteiger partial charge in [0.25, 0.3) is 0 Å². The average molecular weight is 609 g/mol. The average Bonchev–Trinajstić information content (AvgIpc) is 2.94. The molecule has 0 unspecified atom stereocenters. The lowest BCUT2D eigenvalue weighted by molar-refractivity contribution is -0.153. The number of hydrogen-bond acceptors (Lipinski definition) is 10. The fourth-order valence-electron chi connectivity index (χ4n) is 4.61. The van der Waals surface area contributed by atoms with Crippen molar-refractivity contribution < 1.29 is 62.1 Å². The van der Waals surface area contributed by atoms with Crippen LogP contribution in [0.25, 0.3) is 0 Å². The SMILES string of the molecule is NCCN1CCN(C(=O)N[C@@H](C(=O)N[C@H]2Cc3ccc(F)c(C(=O)O)c3OB2O)c2c(F)cc(O)c(O)c2F)C(=O)C1=O. The molecular weight excluding hydrogens is 586 g/mol. The zero-order valence-electron chi connectivity index (χ0n) is 21.8. The quantitative estimate of drug-likeness (QED) is 0.111. The van der Waals surface area contributed by atoms with Gasteiger partial charge >= 0.3 is 30.9 Å². The first-order chi connectivity index (χ1) is 20.3. The van der Waals surface area contributed by atoms with Gasteiger partial charge in [-0.05, 0) is 18.1 Å². The Bertz CT molecular complexity index is 1530. The van der Waals surface area contributed by atoms with Crippen molar-refractivity contribution in [1.29, 1.82) is 0 Å². The number of amides is 5. The molecule has 8 N–H and O–H groups in total. The number of rotatable bonds is 7. The second-order valence-corrected chi connectivity index (χ2v) is 9.42. The molecule has 1 saturated heterocycles. The van der Waals surface area contributed by atoms with Crippen LogP contribution >= 0.6 is 0 Å². The lowest BCUT2D eigenvalue weighted by atomic mass is 9.72. The number of piperazine rings is 1. The van der Waals surface area contributed by atoms with Crippen molar-refractivity contribution in [3.05, 3.63) is 52.3 Å². The normalized spacial score (nSPS) is 17.2. The number of hydrogen-bond donors (Lipinski definition) is 7. The van der Waals surface area contributed by atoms with Crippen LogP contribution in [0.1, 0.15) is 27.5 Å². The Labute approximate surface area is 239 Å². The van der Waals surface area contributed by atoms with Gasteiger partial charge in [0.05, 0.1) is 11.5 Å². The minimum absolute atomic E-state index is 0.00375. The van der Waals surface area contributed by atoms with E-state index in [-0.39, 0.29) is 44.2 Å². The number of halogens is 3. The number of carboxylic acid groups (broad SMARTS) is 1. The third kappa shape index (κ3) is 5.84. The van der Waals surface area contributed by atoms with Crippen LogP contribution in [0.4, 0.5) is 18.0 Å². The van der Waals surface area contributed by atoms with Gasteiger partial charge in [0.1, 0.15) is 29.0 Å². The molecule has 0 saturated carbocycles. The monoisotopic (exact) mass is 609 g/mol. The number of phenols is 2. The van der Waals surface area contributed by atoms with E-state index in [1.165, 1.54) is 0 Å². The fourth-order valence-corrected chi connectivity index (χ4v) is 4.61. The Morgan fingerprint density at radius 3 is 2.47 bits per heavy atom. The molecule has 228 valence electrons. The zero-order valence-corrected chi connectivity index (χ0v) is 21.8. The molecule has 19 heteroatoms. The van der Waals surface area contributed by atoms with Crippen molar-refractivity contribution >= 4 is 36.8 Å². The van der Waals surface area contributed by atoms with Crippen LogP contribution < -0.4 is 21.0 Å². The molecule has 2 atom stereocenters. The molecule has 2 heterocycles. The van der Waals surface area contributed by atoms with E-state index in [1.54, 1.807) is 0 Å². The first-order valence-electron chi connectivity index (χ1n) is 12.5. The van der Waals surface area contributed by atoms with Gasteiger partial charge in [-0.1, -0.05) is 6.07 Å². The Morgan fingerprint density at radius 1 is 1.12 bits per heavy atom. The molecule has 15 nitrogen and oxygen atoms in total. The lowest BCUT2D eigenvalue weighted by Crippen LogP contribution is -2.60. The predicted octanol–water partition coefficient (Wildman–Crippen LogP) is -1.27. The van der Waals surface area contributed by atoms with Crippen LogP contribution in [0.3, 0.4) is 0 Å². The third-order valence-electron chi connectivity index (χ3n) is 6.73. The van der Waals surface area contributed by atoms with Gasteiger partial charge in [0.2, 0.25) is 5.91 Å². The Morgan fingerprint density at radius 2 is 1.81 bits per heavy atom. The zero-order chi connectivity index (χ0) is 31.7. The minimum Gasteiger partial charge on any atom is -0.534 e. The molecule has 43 heavy (non-hydrogen) atoms. The predicted molar refractivity (Wildman–Crippen MR) is 136 cm³/mol. The summed E-state index contributed by atoms with van der Waals surface area (Å²) in [7, 11) is -2.02. The molecule has 5 amide bonds. The number of nitrogens with two attached hydrogens (primary N) is 1. The van der Waals surface area contributed by atoms with Crippen LogP contribution in [0.15, 0.2) is 18.2 Å². The van der Waals surface area contributed by atoms with Crippen LogP contribution in [0, 0.1) is 17.5 Å². The molecule has 0 radical (unpaired) electrons. The summed E-state index contributed by atoms with van der Waals surface area (Å²) in [5.41, 5.74) is 3.24. The Hall–Kier alpha value is -5.04. The van der Waals surface area contributed by atoms with Crippen molar-refractivity contribution in [1.82, 2.24) is 20.4 Å². The summed E-state index contributed by atoms with van der Waals surface area (Å²) in [4.78, 5) is 64.2. The molecular formula is C24H23BF3N5O10. The number of fused-ring (bicyclic) bond motifs is 1. The maximum Gasteiger partial charge on any atom is 0.547 e. The highest BCUT2D eigenvalue weighted by Gasteiger charge is 2.43. The molecule has 4 rings (SSSR count). The van der Waals surface area contributed by atoms with E-state index in [4.69, 9.17) is 10.4 Å². The number of phenolic OH excluding ortho intramolecular Hbond substituents is 2. The molecule has 0 bridgehead atoms. The number of carbonyl (C=O) groups excluding carboxylic acids is 4. The number of imide groups is 1. The van der Waals surface area contributed by atoms with Gasteiger partial charge in [-0.15, -0.1) is 0 Å². The maximum absolute atomic E-state index is 15.0. The van der Waals surface area contributed by atoms with Crippen molar-refractivity contribution in [3.63, 3.8) is 0 Å². The Balaban J connectivity index is 1.64. The first kappa shape index (κ1) is 30.9. The highest BCUT2D eigenvalue weighted by molar-refractivity contribution is 6.47. The summed E-state index contributed by atoms with van der Waals surface area (Å²) in [6.07, 6.45) is -0.384. The number of carboxylic acids is 1. The molecule has 2 aromatic carbocycles. The van der Waals surface area contributed by atoms with Crippen molar-refractivity contribution in [2.75, 3.05) is 26.2 Å². The summed E-state index contributed by atoms with van der Waals surface area (Å²) in [6.45, 7) is -0.502. The minimum atomic E-state index is -2.39. The van der Waals surface area contributed by atoms with Gasteiger partial charge in [-0.3, -0.25) is 19.3 Å². The summed E-state index contributed by atoms with van der Waals surface area (Å²) in [5, 5.41) is 43.3. The van der Waals surface area contributed by atoms with Crippen LogP contribution in [-0.4, -0.2) is 99.1 Å². The number of benzene rings is 2. The van der Waals surface area contributed by atoms with Crippen LogP contribution in [0.5, 0.6) is 17.2 Å². The van der Waals surface area contributed by atoms with Gasteiger partial charge in [-0.25, -0.2) is 22.8 Å². The fraction of sp³-hybridized carbons (Fsp3) is 0.292. The highest BCUT2D eigenvalue weighted by atomic mass is 19.1. The van der Waals surface area contributed by atoms with E-state index in [2.05, 4.69) is 5.32 Å². The van der Waals surface area contributed by atoms with E-state index >= 15 is 4.39 Å². The molecule has 2 aliphatic heterocycles. The number of urea groups is 1. The summed E-state index contributed by atoms with van der Waals surface area (Å²) in [5.74, 6) is -14.9. The Kier molecular flexibility index (Phi) is 8.67. The molecule has 0 aliphatic carbocycles. The molecule has 0 spiro atoms. The van der Waals surface area contributed by atoms with Gasteiger partial charge in [-0.2, -0.15) is 0 Å². The lowest BCUT2D eigenvalue weighted by Gasteiger charge is -2.33. The standard InChI is InChI=1S/C24H23BF3N5O10/c26-10-2-1-9-7-13(25(42)43-19(9)15(10)23(39)40)30-20(36)17(14-11(27)8-12(34)18(35)16(14)28)31-24(41)33-6-5-32(4-3-29)21(37)22(33)38/h1-2,8,13,17,34-35,42H,3-7,29H2,(H,30,36)(H,31,41)(H,39,40)/t13-,17+/m0/s1. The summed E-state index contributed by atoms with van der Waals surface area (Å²) < 4.78 is 49.1. The highest BCUT2D eigenvalue weighted by Crippen LogP contribution is 2.36. The van der Waals surface area contributed by atoms with Crippen LogP contribution in [-0.2, 0) is 20.8 Å². The number of nitrogens with one attached hydrogen (secondary N) is 2. The molecule has 0 aromatic heterocycles. The van der Waals surface area contributed by atoms with Crippen molar-refractivity contribution in [2.45, 2.75) is 18.4 Å². The van der Waals surface area contributed by atoms with E-state index in [0.29, 0.717) is 4.90 Å². The number of carbonyl (C=O) groups is 5.